The number of ether oxygens (including phenoxy) is 2. The maximum atomic E-state index is 13.9. The Hall–Kier alpha value is -4.39. The lowest BCUT2D eigenvalue weighted by molar-refractivity contribution is -0.138. The number of esters is 1. The largest absolute Gasteiger partial charge is 0.479 e. The van der Waals surface area contributed by atoms with Crippen LogP contribution in [0.4, 0.5) is 0 Å². The van der Waals surface area contributed by atoms with Crippen molar-refractivity contribution in [2.45, 2.75) is 17.9 Å². The van der Waals surface area contributed by atoms with Crippen LogP contribution in [0.3, 0.4) is 0 Å². The highest BCUT2D eigenvalue weighted by atomic mass is 32.2. The summed E-state index contributed by atoms with van der Waals surface area (Å²) in [7, 11) is 0. The highest BCUT2D eigenvalue weighted by Gasteiger charge is 2.35. The third kappa shape index (κ3) is 5.50. The fourth-order valence-electron chi connectivity index (χ4n) is 4.47. The van der Waals surface area contributed by atoms with Crippen molar-refractivity contribution in [3.05, 3.63) is 121 Å². The van der Waals surface area contributed by atoms with E-state index < -0.39 is 12.0 Å². The molecule has 2 heterocycles. The van der Waals surface area contributed by atoms with E-state index in [9.17, 15) is 9.59 Å². The highest BCUT2D eigenvalue weighted by Crippen LogP contribution is 2.35. The molecule has 0 N–H and O–H groups in total. The minimum absolute atomic E-state index is 0.0393. The number of nitriles is 1. The van der Waals surface area contributed by atoms with Gasteiger partial charge in [0, 0.05) is 10.5 Å². The number of carbonyl (C=O) groups excluding carboxylic acids is 1. The van der Waals surface area contributed by atoms with Crippen LogP contribution >= 0.6 is 23.1 Å². The van der Waals surface area contributed by atoms with Crippen LogP contribution in [0.25, 0.3) is 11.8 Å². The molecule has 40 heavy (non-hydrogen) atoms. The minimum atomic E-state index is -0.717. The summed E-state index contributed by atoms with van der Waals surface area (Å²) in [4.78, 5) is 33.9. The zero-order chi connectivity index (χ0) is 28.1. The summed E-state index contributed by atoms with van der Waals surface area (Å²) in [5.74, 6) is 0.0618. The van der Waals surface area contributed by atoms with E-state index in [4.69, 9.17) is 19.7 Å². The van der Waals surface area contributed by atoms with Gasteiger partial charge in [-0.15, -0.1) is 11.8 Å². The molecule has 1 aliphatic rings. The second-order valence-corrected chi connectivity index (χ2v) is 10.6. The van der Waals surface area contributed by atoms with E-state index in [-0.39, 0.29) is 18.8 Å². The second-order valence-electron chi connectivity index (χ2n) is 8.72. The van der Waals surface area contributed by atoms with Gasteiger partial charge in [-0.25, -0.2) is 9.79 Å². The second kappa shape index (κ2) is 12.2. The molecule has 7 nitrogen and oxygen atoms in total. The Morgan fingerprint density at radius 2 is 1.82 bits per heavy atom. The number of hydrogen-bond acceptors (Lipinski definition) is 8. The molecule has 0 bridgehead atoms. The highest BCUT2D eigenvalue weighted by molar-refractivity contribution is 7.98. The Bertz CT molecular complexity index is 1780. The number of hydrogen-bond donors (Lipinski definition) is 0. The Kier molecular flexibility index (Phi) is 8.29. The van der Waals surface area contributed by atoms with Crippen molar-refractivity contribution in [3.63, 3.8) is 0 Å². The predicted molar refractivity (Wildman–Crippen MR) is 157 cm³/mol. The van der Waals surface area contributed by atoms with E-state index in [1.54, 1.807) is 41.5 Å². The molecule has 1 atom stereocenters. The van der Waals surface area contributed by atoms with Crippen molar-refractivity contribution in [1.29, 1.82) is 5.26 Å². The van der Waals surface area contributed by atoms with Gasteiger partial charge in [0.25, 0.3) is 5.56 Å². The first-order chi connectivity index (χ1) is 19.5. The zero-order valence-electron chi connectivity index (χ0n) is 21.9. The SMILES string of the molecule is CCOC(=O)C1=C(c2ccccc2)N=c2sc(=Cc3ccc(OCC#N)cc3)c(=O)n2[C@@H]1c1ccc(SC)cc1. The molecule has 1 aliphatic heterocycles. The smallest absolute Gasteiger partial charge is 0.338 e. The summed E-state index contributed by atoms with van der Waals surface area (Å²) in [6.07, 6.45) is 3.79. The van der Waals surface area contributed by atoms with Gasteiger partial charge in [-0.1, -0.05) is 65.9 Å². The molecule has 0 aliphatic carbocycles. The normalized spacial score (nSPS) is 14.7. The maximum Gasteiger partial charge on any atom is 0.338 e. The van der Waals surface area contributed by atoms with E-state index in [2.05, 4.69) is 0 Å². The van der Waals surface area contributed by atoms with Gasteiger partial charge >= 0.3 is 5.97 Å². The first kappa shape index (κ1) is 27.2. The quantitative estimate of drug-likeness (QED) is 0.229. The Balaban J connectivity index is 1.73. The molecule has 0 spiro atoms. The fraction of sp³-hybridized carbons (Fsp3) is 0.161. The first-order valence-corrected chi connectivity index (χ1v) is 14.6. The van der Waals surface area contributed by atoms with Gasteiger partial charge in [-0.05, 0) is 54.6 Å². The van der Waals surface area contributed by atoms with E-state index >= 15 is 0 Å². The molecule has 0 radical (unpaired) electrons. The van der Waals surface area contributed by atoms with Gasteiger partial charge in [0.2, 0.25) is 0 Å². The average Bonchev–Trinajstić information content (AvgIpc) is 3.30. The molecule has 200 valence electrons. The lowest BCUT2D eigenvalue weighted by atomic mass is 9.93. The minimum Gasteiger partial charge on any atom is -0.479 e. The lowest BCUT2D eigenvalue weighted by Crippen LogP contribution is -2.40. The number of nitrogens with zero attached hydrogens (tertiary/aromatic N) is 3. The van der Waals surface area contributed by atoms with Crippen LogP contribution in [0.5, 0.6) is 5.75 Å². The van der Waals surface area contributed by atoms with Crippen molar-refractivity contribution < 1.29 is 14.3 Å². The van der Waals surface area contributed by atoms with E-state index in [1.165, 1.54) is 11.3 Å². The number of carbonyl (C=O) groups is 1. The number of thiazole rings is 1. The number of fused-ring (bicyclic) bond motifs is 1. The third-order valence-corrected chi connectivity index (χ3v) is 8.01. The molecule has 5 rings (SSSR count). The Labute approximate surface area is 239 Å². The molecule has 9 heteroatoms. The van der Waals surface area contributed by atoms with Crippen molar-refractivity contribution in [1.82, 2.24) is 4.57 Å². The molecular weight excluding hydrogens is 542 g/mol. The van der Waals surface area contributed by atoms with Crippen LogP contribution < -0.4 is 19.6 Å². The van der Waals surface area contributed by atoms with E-state index in [0.29, 0.717) is 26.4 Å². The monoisotopic (exact) mass is 567 g/mol. The molecule has 3 aromatic carbocycles. The first-order valence-electron chi connectivity index (χ1n) is 12.6. The summed E-state index contributed by atoms with van der Waals surface area (Å²) in [6, 6.07) is 25.7. The fourth-order valence-corrected chi connectivity index (χ4v) is 5.88. The summed E-state index contributed by atoms with van der Waals surface area (Å²) in [6.45, 7) is 1.91. The van der Waals surface area contributed by atoms with Gasteiger partial charge in [-0.3, -0.25) is 9.36 Å². The topological polar surface area (TPSA) is 93.7 Å². The number of rotatable bonds is 8. The van der Waals surface area contributed by atoms with Crippen molar-refractivity contribution in [2.75, 3.05) is 19.5 Å². The van der Waals surface area contributed by atoms with E-state index in [1.807, 2.05) is 79.1 Å². The zero-order valence-corrected chi connectivity index (χ0v) is 23.5. The molecule has 0 fully saturated rings. The van der Waals surface area contributed by atoms with Gasteiger partial charge in [-0.2, -0.15) is 5.26 Å². The molecule has 1 aromatic heterocycles. The molecular formula is C31H25N3O4S2. The Morgan fingerprint density at radius 3 is 2.48 bits per heavy atom. The average molecular weight is 568 g/mol. The number of aromatic nitrogens is 1. The van der Waals surface area contributed by atoms with Crippen LogP contribution in [-0.4, -0.2) is 30.0 Å². The van der Waals surface area contributed by atoms with Crippen molar-refractivity contribution in [3.8, 4) is 11.8 Å². The van der Waals surface area contributed by atoms with E-state index in [0.717, 1.165) is 21.6 Å². The lowest BCUT2D eigenvalue weighted by Gasteiger charge is -2.26. The molecule has 0 saturated carbocycles. The summed E-state index contributed by atoms with van der Waals surface area (Å²) in [5, 5.41) is 8.73. The van der Waals surface area contributed by atoms with Crippen LogP contribution in [0.1, 0.15) is 29.7 Å². The van der Waals surface area contributed by atoms with Crippen molar-refractivity contribution in [2.24, 2.45) is 4.99 Å². The molecule has 0 amide bonds. The standard InChI is InChI=1S/C31H25N3O4S2/c1-3-37-30(36)26-27(21-7-5-4-6-8-21)33-31-34(28(26)22-11-15-24(39-2)16-12-22)29(35)25(40-31)19-20-9-13-23(14-10-20)38-18-17-32/h4-16,19,28H,3,18H2,1-2H3/t28-/m1/s1. The molecule has 0 saturated heterocycles. The summed E-state index contributed by atoms with van der Waals surface area (Å²) in [5.41, 5.74) is 2.91. The maximum absolute atomic E-state index is 13.9. The van der Waals surface area contributed by atoms with Crippen LogP contribution in [0.15, 0.2) is 99.1 Å². The van der Waals surface area contributed by atoms with Gasteiger partial charge in [0.1, 0.15) is 11.8 Å². The number of thioether (sulfide) groups is 1. The van der Waals surface area contributed by atoms with Gasteiger partial charge in [0.15, 0.2) is 11.4 Å². The summed E-state index contributed by atoms with van der Waals surface area (Å²) >= 11 is 2.89. The summed E-state index contributed by atoms with van der Waals surface area (Å²) < 4.78 is 12.9. The van der Waals surface area contributed by atoms with Crippen molar-refractivity contribution >= 4 is 40.8 Å². The third-order valence-electron chi connectivity index (χ3n) is 6.29. The Morgan fingerprint density at radius 1 is 1.10 bits per heavy atom. The van der Waals surface area contributed by atoms with Crippen LogP contribution in [-0.2, 0) is 9.53 Å². The predicted octanol–water partition coefficient (Wildman–Crippen LogP) is 4.56. The van der Waals surface area contributed by atoms with Crippen LogP contribution in [0, 0.1) is 11.3 Å². The molecule has 4 aromatic rings. The van der Waals surface area contributed by atoms with Crippen LogP contribution in [0.2, 0.25) is 0 Å². The van der Waals surface area contributed by atoms with Gasteiger partial charge in [0.05, 0.1) is 28.5 Å². The molecule has 0 unspecified atom stereocenters. The number of benzene rings is 3. The van der Waals surface area contributed by atoms with Gasteiger partial charge < -0.3 is 9.47 Å².